The van der Waals surface area contributed by atoms with Crippen molar-refractivity contribution in [1.82, 2.24) is 0 Å². The van der Waals surface area contributed by atoms with E-state index in [1.165, 1.54) is 14.0 Å². The smallest absolute Gasteiger partial charge is 0.303 e. The van der Waals surface area contributed by atoms with Crippen LogP contribution in [0.1, 0.15) is 34.6 Å². The lowest BCUT2D eigenvalue weighted by Gasteiger charge is -2.47. The Labute approximate surface area is 179 Å². The standard InChI is InChI=1S/C19H30O12/c1-7-13(25-6)15(12(23)18(24)26-7)31-19-17(30-11(5)22)16(29-10(4)21)14(8(2)27-19)28-9(3)20/h7-8,12-19,23-24H,1-6H3/t7-,8-,12+,13-,14-,15-,16+,17+,18+,19-/m0/s1. The minimum atomic E-state index is -1.56. The van der Waals surface area contributed by atoms with Crippen LogP contribution in [0.2, 0.25) is 0 Å². The van der Waals surface area contributed by atoms with E-state index in [2.05, 4.69) is 0 Å². The van der Waals surface area contributed by atoms with Gasteiger partial charge in [-0.25, -0.2) is 0 Å². The molecule has 2 aliphatic rings. The lowest BCUT2D eigenvalue weighted by Crippen LogP contribution is -2.65. The van der Waals surface area contributed by atoms with Gasteiger partial charge in [-0.3, -0.25) is 14.4 Å². The summed E-state index contributed by atoms with van der Waals surface area (Å²) in [5.41, 5.74) is 0. The van der Waals surface area contributed by atoms with Gasteiger partial charge < -0.3 is 43.4 Å². The second-order valence-electron chi connectivity index (χ2n) is 7.46. The summed E-state index contributed by atoms with van der Waals surface area (Å²) in [6.45, 7) is 6.62. The molecule has 2 N–H and O–H groups in total. The largest absolute Gasteiger partial charge is 0.456 e. The molecular weight excluding hydrogens is 420 g/mol. The van der Waals surface area contributed by atoms with Crippen molar-refractivity contribution in [3.8, 4) is 0 Å². The summed E-state index contributed by atoms with van der Waals surface area (Å²) in [6, 6.07) is 0. The molecule has 31 heavy (non-hydrogen) atoms. The van der Waals surface area contributed by atoms with Crippen LogP contribution in [0.3, 0.4) is 0 Å². The van der Waals surface area contributed by atoms with Crippen LogP contribution in [0.5, 0.6) is 0 Å². The summed E-state index contributed by atoms with van der Waals surface area (Å²) < 4.78 is 38.1. The van der Waals surface area contributed by atoms with Gasteiger partial charge in [-0.2, -0.15) is 0 Å². The van der Waals surface area contributed by atoms with Crippen LogP contribution in [0.4, 0.5) is 0 Å². The number of esters is 3. The van der Waals surface area contributed by atoms with Crippen LogP contribution in [-0.4, -0.2) is 96.6 Å². The predicted molar refractivity (Wildman–Crippen MR) is 99.2 cm³/mol. The maximum Gasteiger partial charge on any atom is 0.303 e. The van der Waals surface area contributed by atoms with E-state index in [4.69, 9.17) is 33.2 Å². The molecule has 10 atom stereocenters. The number of hydrogen-bond acceptors (Lipinski definition) is 12. The van der Waals surface area contributed by atoms with Crippen molar-refractivity contribution >= 4 is 17.9 Å². The van der Waals surface area contributed by atoms with E-state index in [0.717, 1.165) is 13.8 Å². The molecule has 0 aliphatic carbocycles. The number of carbonyl (C=O) groups is 3. The summed E-state index contributed by atoms with van der Waals surface area (Å²) in [4.78, 5) is 35.0. The van der Waals surface area contributed by atoms with Gasteiger partial charge in [0.05, 0.1) is 12.2 Å². The number of rotatable bonds is 6. The first-order valence-corrected chi connectivity index (χ1v) is 9.83. The topological polar surface area (TPSA) is 156 Å². The maximum atomic E-state index is 11.8. The van der Waals surface area contributed by atoms with Gasteiger partial charge in [0.25, 0.3) is 0 Å². The highest BCUT2D eigenvalue weighted by molar-refractivity contribution is 5.68. The molecule has 0 unspecified atom stereocenters. The van der Waals surface area contributed by atoms with E-state index in [1.54, 1.807) is 13.8 Å². The molecule has 12 heteroatoms. The lowest BCUT2D eigenvalue weighted by atomic mass is 9.97. The van der Waals surface area contributed by atoms with Crippen molar-refractivity contribution < 1.29 is 57.8 Å². The molecule has 2 aliphatic heterocycles. The Kier molecular flexibility index (Phi) is 8.74. The molecule has 0 amide bonds. The molecule has 2 rings (SSSR count). The quantitative estimate of drug-likeness (QED) is 0.377. The van der Waals surface area contributed by atoms with Crippen LogP contribution in [-0.2, 0) is 47.5 Å². The molecule has 0 aromatic carbocycles. The van der Waals surface area contributed by atoms with Crippen molar-refractivity contribution in [3.05, 3.63) is 0 Å². The van der Waals surface area contributed by atoms with Crippen molar-refractivity contribution in [2.75, 3.05) is 7.11 Å². The monoisotopic (exact) mass is 450 g/mol. The van der Waals surface area contributed by atoms with Crippen molar-refractivity contribution in [3.63, 3.8) is 0 Å². The van der Waals surface area contributed by atoms with Crippen LogP contribution in [0.25, 0.3) is 0 Å². The molecule has 0 radical (unpaired) electrons. The Balaban J connectivity index is 2.38. The number of aliphatic hydroxyl groups excluding tert-OH is 2. The first-order valence-electron chi connectivity index (χ1n) is 9.83. The Morgan fingerprint density at radius 2 is 1.19 bits per heavy atom. The summed E-state index contributed by atoms with van der Waals surface area (Å²) in [7, 11) is 1.37. The summed E-state index contributed by atoms with van der Waals surface area (Å²) in [5, 5.41) is 20.4. The van der Waals surface area contributed by atoms with Gasteiger partial charge in [-0.1, -0.05) is 0 Å². The summed E-state index contributed by atoms with van der Waals surface area (Å²) in [6.07, 6.45) is -11.6. The second-order valence-corrected chi connectivity index (χ2v) is 7.46. The average Bonchev–Trinajstić information content (AvgIpc) is 2.64. The zero-order valence-corrected chi connectivity index (χ0v) is 18.3. The van der Waals surface area contributed by atoms with Gasteiger partial charge in [-0.15, -0.1) is 0 Å². The third-order valence-electron chi connectivity index (χ3n) is 4.97. The van der Waals surface area contributed by atoms with Gasteiger partial charge in [0, 0.05) is 27.9 Å². The second kappa shape index (κ2) is 10.7. The number of aliphatic hydroxyl groups is 2. The average molecular weight is 450 g/mol. The fraction of sp³-hybridized carbons (Fsp3) is 0.842. The lowest BCUT2D eigenvalue weighted by molar-refractivity contribution is -0.352. The van der Waals surface area contributed by atoms with Crippen LogP contribution in [0.15, 0.2) is 0 Å². The maximum absolute atomic E-state index is 11.8. The Bertz CT molecular complexity index is 654. The normalized spacial score (nSPS) is 40.6. The Hall–Kier alpha value is -1.83. The molecule has 2 heterocycles. The van der Waals surface area contributed by atoms with E-state index in [9.17, 15) is 24.6 Å². The third-order valence-corrected chi connectivity index (χ3v) is 4.97. The van der Waals surface area contributed by atoms with Crippen LogP contribution in [0, 0.1) is 0 Å². The first kappa shape index (κ1) is 25.4. The van der Waals surface area contributed by atoms with Crippen molar-refractivity contribution in [2.24, 2.45) is 0 Å². The molecule has 2 saturated heterocycles. The molecular formula is C19H30O12. The number of carbonyl (C=O) groups excluding carboxylic acids is 3. The number of ether oxygens (including phenoxy) is 7. The van der Waals surface area contributed by atoms with Gasteiger partial charge in [0.1, 0.15) is 18.3 Å². The molecule has 2 fully saturated rings. The van der Waals surface area contributed by atoms with Crippen LogP contribution < -0.4 is 0 Å². The molecule has 0 aromatic rings. The van der Waals surface area contributed by atoms with E-state index in [0.29, 0.717) is 0 Å². The van der Waals surface area contributed by atoms with Gasteiger partial charge in [0.2, 0.25) is 0 Å². The highest BCUT2D eigenvalue weighted by Crippen LogP contribution is 2.33. The predicted octanol–water partition coefficient (Wildman–Crippen LogP) is -0.975. The molecule has 0 bridgehead atoms. The SMILES string of the molecule is CO[C@@H]1[C@@H](O[C@@H]2O[C@@H](C)[C@H](OC(C)=O)[C@@H](OC(C)=O)[C@H]2OC(C)=O)[C@@H](O)[C@H](O)O[C@H]1C. The van der Waals surface area contributed by atoms with E-state index in [1.807, 2.05) is 0 Å². The third kappa shape index (κ3) is 6.11. The zero-order valence-electron chi connectivity index (χ0n) is 18.3. The number of hydrogen-bond donors (Lipinski definition) is 2. The molecule has 12 nitrogen and oxygen atoms in total. The Morgan fingerprint density at radius 3 is 1.71 bits per heavy atom. The summed E-state index contributed by atoms with van der Waals surface area (Å²) in [5.74, 6) is -2.11. The van der Waals surface area contributed by atoms with Crippen LogP contribution >= 0.6 is 0 Å². The number of methoxy groups -OCH3 is 1. The fourth-order valence-electron chi connectivity index (χ4n) is 3.72. The first-order chi connectivity index (χ1) is 14.5. The van der Waals surface area contributed by atoms with Crippen molar-refractivity contribution in [1.29, 1.82) is 0 Å². The van der Waals surface area contributed by atoms with Crippen molar-refractivity contribution in [2.45, 2.75) is 96.0 Å². The van der Waals surface area contributed by atoms with Gasteiger partial charge in [-0.05, 0) is 13.8 Å². The van der Waals surface area contributed by atoms with Gasteiger partial charge in [0.15, 0.2) is 30.9 Å². The molecule has 0 aromatic heterocycles. The van der Waals surface area contributed by atoms with Gasteiger partial charge >= 0.3 is 17.9 Å². The molecule has 0 spiro atoms. The van der Waals surface area contributed by atoms with E-state index >= 15 is 0 Å². The van der Waals surface area contributed by atoms with E-state index in [-0.39, 0.29) is 0 Å². The minimum Gasteiger partial charge on any atom is -0.456 e. The fourth-order valence-corrected chi connectivity index (χ4v) is 3.72. The minimum absolute atomic E-state index is 0.653. The molecule has 178 valence electrons. The highest BCUT2D eigenvalue weighted by atomic mass is 16.7. The zero-order chi connectivity index (χ0) is 23.5. The Morgan fingerprint density at radius 1 is 0.710 bits per heavy atom. The van der Waals surface area contributed by atoms with E-state index < -0.39 is 79.3 Å². The highest BCUT2D eigenvalue weighted by Gasteiger charge is 2.54. The molecule has 0 saturated carbocycles. The summed E-state index contributed by atoms with van der Waals surface area (Å²) >= 11 is 0.